The fourth-order valence-electron chi connectivity index (χ4n) is 3.59. The van der Waals surface area contributed by atoms with Gasteiger partial charge in [0.2, 0.25) is 5.78 Å². The Morgan fingerprint density at radius 3 is 2.27 bits per heavy atom. The number of phenols is 1. The monoisotopic (exact) mass is 412 g/mol. The molecule has 0 amide bonds. The topological polar surface area (TPSA) is 70.7 Å². The van der Waals surface area contributed by atoms with Crippen LogP contribution < -0.4 is 0 Å². The second-order valence-electron chi connectivity index (χ2n) is 6.90. The van der Waals surface area contributed by atoms with Gasteiger partial charge >= 0.3 is 0 Å². The average molecular weight is 412 g/mol. The fraction of sp³-hybridized carbons (Fsp3) is 0. The zero-order valence-corrected chi connectivity index (χ0v) is 16.5. The van der Waals surface area contributed by atoms with Gasteiger partial charge in [-0.25, -0.2) is 0 Å². The Morgan fingerprint density at radius 2 is 1.57 bits per heavy atom. The number of aromatic hydroxyl groups is 2. The third-order valence-corrected chi connectivity index (χ3v) is 6.20. The number of hydrogen-bond acceptors (Lipinski definition) is 5. The van der Waals surface area contributed by atoms with Crippen LogP contribution in [-0.2, 0) is 0 Å². The number of rotatable bonds is 4. The van der Waals surface area contributed by atoms with Crippen molar-refractivity contribution >= 4 is 27.2 Å². The number of thiophene rings is 1. The molecular weight excluding hydrogens is 396 g/mol. The van der Waals surface area contributed by atoms with Crippen molar-refractivity contribution in [1.82, 2.24) is 0 Å². The average Bonchev–Trinajstić information content (AvgIpc) is 3.37. The maximum atomic E-state index is 13.3. The van der Waals surface area contributed by atoms with Crippen LogP contribution in [0.15, 0.2) is 89.5 Å². The molecule has 0 saturated heterocycles. The van der Waals surface area contributed by atoms with Gasteiger partial charge in [-0.15, -0.1) is 11.3 Å². The molecule has 0 bridgehead atoms. The largest absolute Gasteiger partial charge is 0.508 e. The van der Waals surface area contributed by atoms with Crippen molar-refractivity contribution in [2.24, 2.45) is 0 Å². The first kappa shape index (κ1) is 18.2. The number of benzene rings is 3. The minimum Gasteiger partial charge on any atom is -0.508 e. The lowest BCUT2D eigenvalue weighted by atomic mass is 9.96. The quantitative estimate of drug-likeness (QED) is 0.332. The molecule has 30 heavy (non-hydrogen) atoms. The van der Waals surface area contributed by atoms with Crippen LogP contribution in [0.4, 0.5) is 0 Å². The Balaban J connectivity index is 1.68. The molecule has 146 valence electrons. The standard InChI is InChI=1S/C25H16O4S/c26-18-10-11-20-21(14-18)30-24(23(27)17-4-2-1-3-5-17)22(20)16-8-6-15(7-9-16)19-12-13-29-25(19)28/h1-14,26,28H. The predicted molar refractivity (Wildman–Crippen MR) is 118 cm³/mol. The van der Waals surface area contributed by atoms with E-state index in [4.69, 9.17) is 4.42 Å². The summed E-state index contributed by atoms with van der Waals surface area (Å²) < 4.78 is 5.83. The fourth-order valence-corrected chi connectivity index (χ4v) is 4.81. The molecule has 0 spiro atoms. The Hall–Kier alpha value is -3.83. The molecule has 3 aromatic carbocycles. The highest BCUT2D eigenvalue weighted by Crippen LogP contribution is 2.42. The van der Waals surface area contributed by atoms with Crippen LogP contribution >= 0.6 is 11.3 Å². The van der Waals surface area contributed by atoms with Crippen molar-refractivity contribution in [3.05, 3.63) is 95.6 Å². The Morgan fingerprint density at radius 1 is 0.833 bits per heavy atom. The molecule has 5 rings (SSSR count). The molecule has 2 aromatic heterocycles. The van der Waals surface area contributed by atoms with Crippen molar-refractivity contribution < 1.29 is 19.4 Å². The number of hydrogen-bond donors (Lipinski definition) is 2. The molecule has 5 heteroatoms. The van der Waals surface area contributed by atoms with E-state index in [1.807, 2.05) is 48.5 Å². The highest BCUT2D eigenvalue weighted by atomic mass is 32.1. The van der Waals surface area contributed by atoms with Gasteiger partial charge < -0.3 is 14.6 Å². The lowest BCUT2D eigenvalue weighted by Crippen LogP contribution is -2.00. The van der Waals surface area contributed by atoms with Crippen LogP contribution in [0.5, 0.6) is 11.7 Å². The summed E-state index contributed by atoms with van der Waals surface area (Å²) in [6.45, 7) is 0. The zero-order chi connectivity index (χ0) is 20.7. The first-order valence-electron chi connectivity index (χ1n) is 9.34. The molecule has 4 nitrogen and oxygen atoms in total. The molecule has 0 saturated carbocycles. The van der Waals surface area contributed by atoms with E-state index in [0.29, 0.717) is 16.0 Å². The summed E-state index contributed by atoms with van der Waals surface area (Å²) in [4.78, 5) is 13.9. The lowest BCUT2D eigenvalue weighted by Gasteiger charge is -2.07. The maximum Gasteiger partial charge on any atom is 0.289 e. The normalized spacial score (nSPS) is 11.1. The summed E-state index contributed by atoms with van der Waals surface area (Å²) in [5.41, 5.74) is 3.78. The molecule has 0 aliphatic heterocycles. The maximum absolute atomic E-state index is 13.3. The summed E-state index contributed by atoms with van der Waals surface area (Å²) in [5, 5.41) is 20.7. The summed E-state index contributed by atoms with van der Waals surface area (Å²) >= 11 is 1.38. The van der Waals surface area contributed by atoms with E-state index in [9.17, 15) is 15.0 Å². The van der Waals surface area contributed by atoms with Gasteiger partial charge in [-0.05, 0) is 35.4 Å². The molecular formula is C25H16O4S. The van der Waals surface area contributed by atoms with Crippen molar-refractivity contribution in [2.75, 3.05) is 0 Å². The van der Waals surface area contributed by atoms with Gasteiger partial charge in [0, 0.05) is 21.2 Å². The SMILES string of the molecule is O=C(c1ccccc1)c1sc2cc(O)ccc2c1-c1ccc(-c2ccoc2O)cc1. The van der Waals surface area contributed by atoms with Crippen molar-refractivity contribution in [2.45, 2.75) is 0 Å². The molecule has 2 heterocycles. The van der Waals surface area contributed by atoms with E-state index in [0.717, 1.165) is 26.8 Å². The van der Waals surface area contributed by atoms with Gasteiger partial charge in [0.15, 0.2) is 0 Å². The minimum atomic E-state index is -0.126. The van der Waals surface area contributed by atoms with E-state index >= 15 is 0 Å². The van der Waals surface area contributed by atoms with Crippen molar-refractivity contribution in [3.63, 3.8) is 0 Å². The van der Waals surface area contributed by atoms with Gasteiger partial charge in [-0.1, -0.05) is 54.6 Å². The van der Waals surface area contributed by atoms with E-state index in [2.05, 4.69) is 0 Å². The summed E-state index contributed by atoms with van der Waals surface area (Å²) in [7, 11) is 0. The summed E-state index contributed by atoms with van der Waals surface area (Å²) in [6, 6.07) is 23.7. The summed E-state index contributed by atoms with van der Waals surface area (Å²) in [6.07, 6.45) is 1.44. The van der Waals surface area contributed by atoms with Crippen LogP contribution in [0.2, 0.25) is 0 Å². The van der Waals surface area contributed by atoms with Crippen LogP contribution in [0.1, 0.15) is 15.2 Å². The minimum absolute atomic E-state index is 0.0529. The molecule has 0 fully saturated rings. The Bertz CT molecular complexity index is 1360. The Labute approximate surface area is 176 Å². The number of carbonyl (C=O) groups is 1. The number of phenolic OH excluding ortho intramolecular Hbond substituents is 1. The molecule has 0 unspecified atom stereocenters. The van der Waals surface area contributed by atoms with E-state index < -0.39 is 0 Å². The molecule has 0 aliphatic rings. The van der Waals surface area contributed by atoms with Gasteiger partial charge in [0.1, 0.15) is 5.75 Å². The van der Waals surface area contributed by atoms with Gasteiger partial charge in [0.05, 0.1) is 16.7 Å². The highest BCUT2D eigenvalue weighted by Gasteiger charge is 2.21. The molecule has 0 atom stereocenters. The van der Waals surface area contributed by atoms with Gasteiger partial charge in [0.25, 0.3) is 5.95 Å². The zero-order valence-electron chi connectivity index (χ0n) is 15.7. The first-order chi connectivity index (χ1) is 14.6. The smallest absolute Gasteiger partial charge is 0.289 e. The third kappa shape index (κ3) is 3.06. The van der Waals surface area contributed by atoms with Gasteiger partial charge in [-0.2, -0.15) is 0 Å². The summed E-state index contributed by atoms with van der Waals surface area (Å²) in [5.74, 6) is -0.0122. The molecule has 2 N–H and O–H groups in total. The van der Waals surface area contributed by atoms with E-state index in [1.165, 1.54) is 17.6 Å². The highest BCUT2D eigenvalue weighted by molar-refractivity contribution is 7.21. The second kappa shape index (κ2) is 7.21. The van der Waals surface area contributed by atoms with Crippen LogP contribution in [0.25, 0.3) is 32.3 Å². The molecule has 0 radical (unpaired) electrons. The van der Waals surface area contributed by atoms with Crippen molar-refractivity contribution in [1.29, 1.82) is 0 Å². The van der Waals surface area contributed by atoms with Crippen LogP contribution in [0, 0.1) is 0 Å². The number of furan rings is 1. The predicted octanol–water partition coefficient (Wildman–Crippen LogP) is 6.47. The van der Waals surface area contributed by atoms with Crippen LogP contribution in [0.3, 0.4) is 0 Å². The van der Waals surface area contributed by atoms with Crippen LogP contribution in [-0.4, -0.2) is 16.0 Å². The van der Waals surface area contributed by atoms with E-state index in [1.54, 1.807) is 30.3 Å². The van der Waals surface area contributed by atoms with Gasteiger partial charge in [-0.3, -0.25) is 4.79 Å². The lowest BCUT2D eigenvalue weighted by molar-refractivity contribution is 0.104. The second-order valence-corrected chi connectivity index (χ2v) is 7.95. The Kier molecular flexibility index (Phi) is 4.38. The number of ketones is 1. The molecule has 0 aliphatic carbocycles. The third-order valence-electron chi connectivity index (χ3n) is 5.05. The molecule has 5 aromatic rings. The van der Waals surface area contributed by atoms with Crippen molar-refractivity contribution in [3.8, 4) is 33.9 Å². The first-order valence-corrected chi connectivity index (χ1v) is 10.2. The number of fused-ring (bicyclic) bond motifs is 1. The number of carbonyl (C=O) groups excluding carboxylic acids is 1. The van der Waals surface area contributed by atoms with E-state index in [-0.39, 0.29) is 17.5 Å².